The summed E-state index contributed by atoms with van der Waals surface area (Å²) in [5.74, 6) is 0.123. The van der Waals surface area contributed by atoms with E-state index in [9.17, 15) is 13.2 Å². The number of halogens is 4. The number of benzene rings is 2. The minimum atomic E-state index is -3.83. The van der Waals surface area contributed by atoms with Crippen LogP contribution in [-0.4, -0.2) is 33.3 Å². The molecule has 0 atom stereocenters. The lowest BCUT2D eigenvalue weighted by Crippen LogP contribution is -2.39. The van der Waals surface area contributed by atoms with Crippen molar-refractivity contribution in [3.63, 3.8) is 0 Å². The Morgan fingerprint density at radius 2 is 1.72 bits per heavy atom. The third kappa shape index (κ3) is 6.17. The van der Waals surface area contributed by atoms with Crippen molar-refractivity contribution in [1.82, 2.24) is 5.43 Å². The molecule has 168 valence electrons. The summed E-state index contributed by atoms with van der Waals surface area (Å²) >= 11 is 24.1. The first-order valence-corrected chi connectivity index (χ1v) is 12.2. The number of hydrogen-bond acceptors (Lipinski definition) is 5. The summed E-state index contributed by atoms with van der Waals surface area (Å²) < 4.78 is 30.8. The van der Waals surface area contributed by atoms with E-state index in [0.717, 1.165) is 10.6 Å². The predicted molar refractivity (Wildman–Crippen MR) is 129 cm³/mol. The number of rotatable bonds is 7. The van der Waals surface area contributed by atoms with Crippen molar-refractivity contribution >= 4 is 74.2 Å². The number of hydrazone groups is 1. The summed E-state index contributed by atoms with van der Waals surface area (Å²) in [6.07, 6.45) is 2.22. The van der Waals surface area contributed by atoms with E-state index in [-0.39, 0.29) is 15.7 Å². The zero-order chi connectivity index (χ0) is 23.5. The van der Waals surface area contributed by atoms with E-state index in [1.165, 1.54) is 24.4 Å². The van der Waals surface area contributed by atoms with Gasteiger partial charge in [0.2, 0.25) is 10.0 Å². The Bertz CT molecular complexity index is 1290. The van der Waals surface area contributed by atoms with E-state index < -0.39 is 22.5 Å². The van der Waals surface area contributed by atoms with Crippen LogP contribution < -0.4 is 9.73 Å². The van der Waals surface area contributed by atoms with Gasteiger partial charge in [0.25, 0.3) is 5.91 Å². The van der Waals surface area contributed by atoms with Gasteiger partial charge in [-0.05, 0) is 48.5 Å². The zero-order valence-electron chi connectivity index (χ0n) is 16.4. The van der Waals surface area contributed by atoms with Gasteiger partial charge in [-0.25, -0.2) is 13.8 Å². The van der Waals surface area contributed by atoms with Gasteiger partial charge >= 0.3 is 0 Å². The van der Waals surface area contributed by atoms with Crippen molar-refractivity contribution in [3.8, 4) is 11.3 Å². The summed E-state index contributed by atoms with van der Waals surface area (Å²) in [6.45, 7) is -0.556. The van der Waals surface area contributed by atoms with Crippen molar-refractivity contribution < 1.29 is 17.6 Å². The molecule has 0 spiro atoms. The van der Waals surface area contributed by atoms with Gasteiger partial charge in [0.1, 0.15) is 18.1 Å². The third-order valence-corrected chi connectivity index (χ3v) is 6.30. The molecule has 0 aliphatic carbocycles. The number of hydrogen-bond donors (Lipinski definition) is 1. The highest BCUT2D eigenvalue weighted by molar-refractivity contribution is 7.92. The van der Waals surface area contributed by atoms with Crippen LogP contribution in [0.3, 0.4) is 0 Å². The number of carbonyl (C=O) groups excluding carboxylic acids is 1. The fourth-order valence-corrected chi connectivity index (χ4v) is 4.45. The topological polar surface area (TPSA) is 92.0 Å². The van der Waals surface area contributed by atoms with Crippen LogP contribution in [-0.2, 0) is 14.8 Å². The Kier molecular flexibility index (Phi) is 7.74. The van der Waals surface area contributed by atoms with Gasteiger partial charge in [-0.15, -0.1) is 0 Å². The molecule has 12 heteroatoms. The van der Waals surface area contributed by atoms with E-state index in [0.29, 0.717) is 27.1 Å². The first-order chi connectivity index (χ1) is 15.0. The van der Waals surface area contributed by atoms with Crippen molar-refractivity contribution in [2.45, 2.75) is 0 Å². The molecule has 0 radical (unpaired) electrons. The Balaban J connectivity index is 1.69. The molecule has 7 nitrogen and oxygen atoms in total. The minimum Gasteiger partial charge on any atom is -0.455 e. The molecule has 0 aliphatic heterocycles. The van der Waals surface area contributed by atoms with Gasteiger partial charge in [0, 0.05) is 15.6 Å². The van der Waals surface area contributed by atoms with Crippen LogP contribution in [0.5, 0.6) is 0 Å². The molecule has 1 N–H and O–H groups in total. The van der Waals surface area contributed by atoms with Crippen LogP contribution >= 0.6 is 46.4 Å². The van der Waals surface area contributed by atoms with Gasteiger partial charge < -0.3 is 4.42 Å². The van der Waals surface area contributed by atoms with Crippen LogP contribution in [0.1, 0.15) is 5.76 Å². The number of furan rings is 1. The Labute approximate surface area is 204 Å². The second kappa shape index (κ2) is 10.1. The maximum atomic E-state index is 12.3. The van der Waals surface area contributed by atoms with E-state index in [1.54, 1.807) is 30.3 Å². The molecule has 0 aliphatic rings. The van der Waals surface area contributed by atoms with Gasteiger partial charge in [0.05, 0.1) is 28.2 Å². The number of amides is 1. The van der Waals surface area contributed by atoms with Crippen molar-refractivity contribution in [2.75, 3.05) is 17.1 Å². The van der Waals surface area contributed by atoms with Gasteiger partial charge in [-0.1, -0.05) is 46.4 Å². The number of anilines is 1. The Hall–Kier alpha value is -2.23. The van der Waals surface area contributed by atoms with Crippen LogP contribution in [0, 0.1) is 0 Å². The molecule has 3 aromatic rings. The van der Waals surface area contributed by atoms with E-state index in [2.05, 4.69) is 10.5 Å². The lowest BCUT2D eigenvalue weighted by molar-refractivity contribution is -0.119. The second-order valence-corrected chi connectivity index (χ2v) is 10.1. The lowest BCUT2D eigenvalue weighted by Gasteiger charge is -2.22. The van der Waals surface area contributed by atoms with Gasteiger partial charge in [0.15, 0.2) is 0 Å². The summed E-state index contributed by atoms with van der Waals surface area (Å²) in [7, 11) is -3.83. The highest BCUT2D eigenvalue weighted by atomic mass is 35.5. The molecule has 1 aromatic heterocycles. The molecular formula is C20H15Cl4N3O4S. The normalized spacial score (nSPS) is 11.7. The molecule has 0 saturated heterocycles. The van der Waals surface area contributed by atoms with Gasteiger partial charge in [-0.3, -0.25) is 9.10 Å². The molecule has 3 rings (SSSR count). The monoisotopic (exact) mass is 533 g/mol. The Morgan fingerprint density at radius 1 is 1.03 bits per heavy atom. The standard InChI is InChI=1S/C20H15Cl4N3O4S/c1-32(29,30)27(18-9-13(22)3-6-16(18)23)11-20(28)26-25-10-14-4-7-19(31-14)15-5-2-12(21)8-17(15)24/h2-10H,11H2,1H3,(H,26,28)/b25-10-. The van der Waals surface area contributed by atoms with Crippen molar-refractivity contribution in [3.05, 3.63) is 74.4 Å². The molecule has 32 heavy (non-hydrogen) atoms. The smallest absolute Gasteiger partial charge is 0.260 e. The molecule has 0 bridgehead atoms. The number of sulfonamides is 1. The van der Waals surface area contributed by atoms with Crippen molar-refractivity contribution in [1.29, 1.82) is 0 Å². The summed E-state index contributed by atoms with van der Waals surface area (Å²) in [6, 6.07) is 12.6. The zero-order valence-corrected chi connectivity index (χ0v) is 20.2. The largest absolute Gasteiger partial charge is 0.455 e. The van der Waals surface area contributed by atoms with Crippen LogP contribution in [0.4, 0.5) is 5.69 Å². The average Bonchev–Trinajstić information content (AvgIpc) is 3.16. The van der Waals surface area contributed by atoms with Crippen LogP contribution in [0.2, 0.25) is 20.1 Å². The minimum absolute atomic E-state index is 0.0799. The molecule has 0 saturated carbocycles. The lowest BCUT2D eigenvalue weighted by atomic mass is 10.2. The van der Waals surface area contributed by atoms with Crippen molar-refractivity contribution in [2.24, 2.45) is 5.10 Å². The highest BCUT2D eigenvalue weighted by Gasteiger charge is 2.23. The van der Waals surface area contributed by atoms with E-state index >= 15 is 0 Å². The fourth-order valence-electron chi connectivity index (χ4n) is 2.65. The summed E-state index contributed by atoms with van der Waals surface area (Å²) in [4.78, 5) is 12.3. The highest BCUT2D eigenvalue weighted by Crippen LogP contribution is 2.32. The average molecular weight is 535 g/mol. The van der Waals surface area contributed by atoms with Gasteiger partial charge in [-0.2, -0.15) is 5.10 Å². The third-order valence-electron chi connectivity index (χ3n) is 4.07. The molecule has 1 amide bonds. The fraction of sp³-hybridized carbons (Fsp3) is 0.100. The second-order valence-electron chi connectivity index (χ2n) is 6.48. The Morgan fingerprint density at radius 3 is 2.41 bits per heavy atom. The predicted octanol–water partition coefficient (Wildman–Crippen LogP) is 5.48. The molecule has 0 unspecified atom stereocenters. The summed E-state index contributed by atoms with van der Waals surface area (Å²) in [5, 5.41) is 5.11. The van der Waals surface area contributed by atoms with E-state index in [1.807, 2.05) is 0 Å². The summed E-state index contributed by atoms with van der Waals surface area (Å²) in [5.41, 5.74) is 2.97. The SMILES string of the molecule is CS(=O)(=O)N(CC(=O)N/N=C\c1ccc(-c2ccc(Cl)cc2Cl)o1)c1cc(Cl)ccc1Cl. The number of carbonyl (C=O) groups is 1. The van der Waals surface area contributed by atoms with Crippen LogP contribution in [0.15, 0.2) is 58.0 Å². The molecule has 0 fully saturated rings. The molecule has 1 heterocycles. The number of nitrogens with one attached hydrogen (secondary N) is 1. The molecule has 2 aromatic carbocycles. The van der Waals surface area contributed by atoms with Crippen LogP contribution in [0.25, 0.3) is 11.3 Å². The van der Waals surface area contributed by atoms with E-state index in [4.69, 9.17) is 50.8 Å². The maximum absolute atomic E-state index is 12.3. The first-order valence-electron chi connectivity index (χ1n) is 8.84. The maximum Gasteiger partial charge on any atom is 0.260 e. The molecular weight excluding hydrogens is 520 g/mol. The quantitative estimate of drug-likeness (QED) is 0.321. The number of nitrogens with zero attached hydrogens (tertiary/aromatic N) is 2. The first kappa shape index (κ1) is 24.4.